The second-order valence-corrected chi connectivity index (χ2v) is 9.94. The van der Waals surface area contributed by atoms with E-state index in [9.17, 15) is 55.5 Å². The van der Waals surface area contributed by atoms with Crippen molar-refractivity contribution in [2.75, 3.05) is 6.61 Å². The lowest BCUT2D eigenvalue weighted by Crippen LogP contribution is -2.55. The zero-order chi connectivity index (χ0) is 31.9. The maximum atomic E-state index is 13.1. The summed E-state index contributed by atoms with van der Waals surface area (Å²) in [6.07, 6.45) is -5.98. The Morgan fingerprint density at radius 1 is 0.841 bits per heavy atom. The molecule has 0 radical (unpaired) electrons. The molecule has 0 aliphatic carbocycles. The molecule has 1 aliphatic heterocycles. The number of esters is 1. The van der Waals surface area contributed by atoms with E-state index in [1.807, 2.05) is 0 Å². The Bertz CT molecular complexity index is 1830. The molecule has 44 heavy (non-hydrogen) atoms. The van der Waals surface area contributed by atoms with Gasteiger partial charge >= 0.3 is 5.97 Å². The molecule has 4 aromatic rings. The molecule has 9 N–H and O–H groups in total. The van der Waals surface area contributed by atoms with Gasteiger partial charge in [-0.05, 0) is 42.0 Å². The fourth-order valence-electron chi connectivity index (χ4n) is 4.78. The topological polar surface area (TPSA) is 248 Å². The number of carbonyl (C=O) groups is 1. The number of rotatable bonds is 6. The molecule has 0 bridgehead atoms. The number of aliphatic hydroxyl groups excluding tert-OH is 4. The Hall–Kier alpha value is -5.12. The Balaban J connectivity index is 1.42. The number of benzene rings is 3. The van der Waals surface area contributed by atoms with Gasteiger partial charge in [0, 0.05) is 23.8 Å². The van der Waals surface area contributed by atoms with Crippen molar-refractivity contribution in [3.8, 4) is 45.8 Å². The van der Waals surface area contributed by atoms with Gasteiger partial charge in [-0.3, -0.25) is 4.79 Å². The number of carbonyl (C=O) groups excluding carboxylic acids is 1. The van der Waals surface area contributed by atoms with Crippen molar-refractivity contribution in [1.82, 2.24) is 0 Å². The van der Waals surface area contributed by atoms with Crippen LogP contribution in [0.3, 0.4) is 0 Å². The van der Waals surface area contributed by atoms with Gasteiger partial charge < -0.3 is 59.8 Å². The van der Waals surface area contributed by atoms with Gasteiger partial charge in [0.2, 0.25) is 0 Å². The number of aromatic hydroxyl groups is 5. The highest BCUT2D eigenvalue weighted by Crippen LogP contribution is 2.45. The molecule has 0 amide bonds. The van der Waals surface area contributed by atoms with Gasteiger partial charge in [0.05, 0.1) is 12.2 Å². The van der Waals surface area contributed by atoms with E-state index >= 15 is 0 Å². The second kappa shape index (κ2) is 11.9. The Morgan fingerprint density at radius 3 is 2.27 bits per heavy atom. The summed E-state index contributed by atoms with van der Waals surface area (Å²) in [6.45, 7) is -0.755. The van der Waals surface area contributed by atoms with Crippen LogP contribution < -0.4 is 10.2 Å². The van der Waals surface area contributed by atoms with Crippen LogP contribution in [0, 0.1) is 0 Å². The van der Waals surface area contributed by atoms with Gasteiger partial charge in [0.15, 0.2) is 28.4 Å². The average Bonchev–Trinajstić information content (AvgIpc) is 2.98. The summed E-state index contributed by atoms with van der Waals surface area (Å²) in [5.74, 6) is -3.96. The van der Waals surface area contributed by atoms with Crippen molar-refractivity contribution >= 4 is 23.0 Å². The van der Waals surface area contributed by atoms with Gasteiger partial charge in [0.1, 0.15) is 58.7 Å². The predicted molar refractivity (Wildman–Crippen MR) is 150 cm³/mol. The lowest BCUT2D eigenvalue weighted by Gasteiger charge is -2.40. The fraction of sp³-hybridized carbons (Fsp3) is 0.200. The van der Waals surface area contributed by atoms with Gasteiger partial charge in [0.25, 0.3) is 0 Å². The smallest absolute Gasteiger partial charge is 0.336 e. The summed E-state index contributed by atoms with van der Waals surface area (Å²) in [5.41, 5.74) is -1.04. The van der Waals surface area contributed by atoms with Crippen LogP contribution in [0.25, 0.3) is 28.4 Å². The molecule has 230 valence electrons. The number of phenols is 5. The first-order valence-corrected chi connectivity index (χ1v) is 13.0. The molecule has 3 aromatic carbocycles. The van der Waals surface area contributed by atoms with Crippen LogP contribution in [0.5, 0.6) is 34.5 Å². The summed E-state index contributed by atoms with van der Waals surface area (Å²) in [4.78, 5) is 25.3. The quantitative estimate of drug-likeness (QED) is 0.0643. The summed E-state index contributed by atoms with van der Waals surface area (Å²) in [7, 11) is 0. The normalized spacial score (nSPS) is 22.0. The molecular formula is C30H26O14. The molecule has 1 aromatic heterocycles. The van der Waals surface area contributed by atoms with E-state index in [0.29, 0.717) is 5.56 Å². The van der Waals surface area contributed by atoms with E-state index in [2.05, 4.69) is 0 Å². The summed E-state index contributed by atoms with van der Waals surface area (Å²) in [5, 5.41) is 90.6. The van der Waals surface area contributed by atoms with Crippen molar-refractivity contribution < 1.29 is 64.6 Å². The minimum absolute atomic E-state index is 0.109. The lowest BCUT2D eigenvalue weighted by molar-refractivity contribution is -0.232. The maximum absolute atomic E-state index is 13.1. The second-order valence-electron chi connectivity index (χ2n) is 9.94. The third-order valence-electron chi connectivity index (χ3n) is 7.05. The van der Waals surface area contributed by atoms with E-state index in [1.54, 1.807) is 0 Å². The van der Waals surface area contributed by atoms with Gasteiger partial charge in [-0.25, -0.2) is 4.79 Å². The van der Waals surface area contributed by atoms with E-state index in [0.717, 1.165) is 24.3 Å². The maximum Gasteiger partial charge on any atom is 0.336 e. The largest absolute Gasteiger partial charge is 0.507 e. The molecule has 0 unspecified atom stereocenters. The van der Waals surface area contributed by atoms with E-state index in [-0.39, 0.29) is 34.2 Å². The highest BCUT2D eigenvalue weighted by molar-refractivity contribution is 5.90. The van der Waals surface area contributed by atoms with E-state index < -0.39 is 76.7 Å². The highest BCUT2D eigenvalue weighted by Gasteiger charge is 2.46. The molecule has 0 spiro atoms. The number of aliphatic hydroxyl groups is 4. The molecule has 1 fully saturated rings. The molecule has 2 heterocycles. The van der Waals surface area contributed by atoms with Crippen LogP contribution in [0.15, 0.2) is 63.8 Å². The van der Waals surface area contributed by atoms with Crippen molar-refractivity contribution in [2.24, 2.45) is 0 Å². The zero-order valence-electron chi connectivity index (χ0n) is 22.4. The third-order valence-corrected chi connectivity index (χ3v) is 7.05. The van der Waals surface area contributed by atoms with Crippen molar-refractivity contribution in [3.63, 3.8) is 0 Å². The molecule has 5 atom stereocenters. The van der Waals surface area contributed by atoms with Crippen LogP contribution in [-0.2, 0) is 9.53 Å². The van der Waals surface area contributed by atoms with Crippen LogP contribution in [0.4, 0.5) is 0 Å². The Morgan fingerprint density at radius 2 is 1.59 bits per heavy atom. The van der Waals surface area contributed by atoms with Crippen molar-refractivity contribution in [1.29, 1.82) is 0 Å². The number of hydrogen-bond donors (Lipinski definition) is 9. The fourth-order valence-corrected chi connectivity index (χ4v) is 4.78. The Labute approximate surface area is 246 Å². The van der Waals surface area contributed by atoms with Gasteiger partial charge in [-0.15, -0.1) is 0 Å². The molecule has 5 rings (SSSR count). The summed E-state index contributed by atoms with van der Waals surface area (Å²) in [6, 6.07) is 9.56. The monoisotopic (exact) mass is 610 g/mol. The van der Waals surface area contributed by atoms with Gasteiger partial charge in [-0.1, -0.05) is 6.07 Å². The number of fused-ring (bicyclic) bond motifs is 1. The highest BCUT2D eigenvalue weighted by atomic mass is 16.5. The van der Waals surface area contributed by atoms with E-state index in [4.69, 9.17) is 13.9 Å². The molecule has 1 aliphatic rings. The zero-order valence-corrected chi connectivity index (χ0v) is 22.4. The van der Waals surface area contributed by atoms with Crippen LogP contribution in [-0.4, -0.2) is 83.0 Å². The third kappa shape index (κ3) is 5.62. The van der Waals surface area contributed by atoms with Crippen LogP contribution in [0.2, 0.25) is 0 Å². The van der Waals surface area contributed by atoms with Crippen molar-refractivity contribution in [2.45, 2.75) is 30.5 Å². The first kappa shape index (κ1) is 30.3. The standard InChI is InChI=1S/C30H26O14/c31-11-22-26(38)28(40)29(41)30(44-22)25-18(36)10-21-24(27(25)39)17(35)9-20(42-21)13-3-5-19(16(34)8-13)43-23(37)6-2-12-1-4-14(32)15(33)7-12/h1-10,22,26,28-34,36,38-41H,11H2/b6-2+/t22-,26-,28+,29-,30+/m1/s1. The SMILES string of the molecule is O=C(/C=C/c1ccc(O)c(O)c1)Oc1ccc(-c2cc(=O)c3c(O)c([C@@H]4O[C@H](CO)[C@@H](O)[C@H](O)[C@H]4O)c(O)cc3o2)cc1O. The average molecular weight is 611 g/mol. The summed E-state index contributed by atoms with van der Waals surface area (Å²) < 4.78 is 16.2. The lowest BCUT2D eigenvalue weighted by atomic mass is 9.89. The molecule has 1 saturated heterocycles. The van der Waals surface area contributed by atoms with Crippen LogP contribution >= 0.6 is 0 Å². The summed E-state index contributed by atoms with van der Waals surface area (Å²) >= 11 is 0. The van der Waals surface area contributed by atoms with E-state index in [1.165, 1.54) is 36.4 Å². The number of hydrogen-bond acceptors (Lipinski definition) is 14. The molecule has 14 nitrogen and oxygen atoms in total. The minimum Gasteiger partial charge on any atom is -0.507 e. The van der Waals surface area contributed by atoms with Crippen molar-refractivity contribution in [3.05, 3.63) is 76.0 Å². The first-order valence-electron chi connectivity index (χ1n) is 13.0. The van der Waals surface area contributed by atoms with Gasteiger partial charge in [-0.2, -0.15) is 0 Å². The molecule has 14 heteroatoms. The Kier molecular flexibility index (Phi) is 8.19. The minimum atomic E-state index is -1.85. The molecule has 0 saturated carbocycles. The van der Waals surface area contributed by atoms with Crippen LogP contribution in [0.1, 0.15) is 17.2 Å². The predicted octanol–water partition coefficient (Wildman–Crippen LogP) is 1.12. The molecular weight excluding hydrogens is 584 g/mol. The first-order chi connectivity index (χ1) is 20.9. The number of ether oxygens (including phenoxy) is 2. The number of phenolic OH excluding ortho intramolecular Hbond substituents is 5.